The second-order valence-corrected chi connectivity index (χ2v) is 9.70. The molecule has 21 heteroatoms. The number of hydrogen-bond acceptors (Lipinski definition) is 4. The SMILES string of the molecule is CCc1c(C)sc(NC(=O)C(F)(F)C(F)(F)C(F)(F)C(F)(F)C(F)(F)C(F)(F)C(F)(F)C(F)F)c1C(=O)OC(C)C. The number of alkyl halides is 16. The Bertz CT molecular complexity index is 1150. The van der Waals surface area contributed by atoms with Crippen molar-refractivity contribution in [1.82, 2.24) is 0 Å². The normalized spacial score (nSPS) is 14.6. The van der Waals surface area contributed by atoms with E-state index in [0.717, 1.165) is 5.32 Å². The fourth-order valence-corrected chi connectivity index (χ4v) is 4.17. The van der Waals surface area contributed by atoms with Crippen LogP contribution in [0.25, 0.3) is 0 Å². The number of esters is 1. The molecule has 1 heterocycles. The Kier molecular flexibility index (Phi) is 9.78. The molecule has 1 amide bonds. The summed E-state index contributed by atoms with van der Waals surface area (Å²) in [5.74, 6) is -61.9. The first-order valence-electron chi connectivity index (χ1n) is 10.6. The molecule has 0 spiro atoms. The van der Waals surface area contributed by atoms with E-state index in [2.05, 4.69) is 0 Å². The molecule has 0 bridgehead atoms. The molecular weight excluding hydrogens is 638 g/mol. The second-order valence-electron chi connectivity index (χ2n) is 8.47. The number of nitrogens with one attached hydrogen (secondary N) is 1. The summed E-state index contributed by atoms with van der Waals surface area (Å²) in [4.78, 5) is 24.3. The number of carbonyl (C=O) groups is 2. The molecule has 0 aliphatic rings. The molecule has 0 saturated carbocycles. The van der Waals surface area contributed by atoms with Gasteiger partial charge in [0.2, 0.25) is 0 Å². The van der Waals surface area contributed by atoms with Gasteiger partial charge in [-0.15, -0.1) is 11.3 Å². The van der Waals surface area contributed by atoms with Crippen LogP contribution in [0.15, 0.2) is 0 Å². The number of hydrogen-bond donors (Lipinski definition) is 1. The lowest BCUT2D eigenvalue weighted by molar-refractivity contribution is -0.443. The quantitative estimate of drug-likeness (QED) is 0.185. The van der Waals surface area contributed by atoms with Crippen LogP contribution in [-0.2, 0) is 16.0 Å². The number of anilines is 1. The summed E-state index contributed by atoms with van der Waals surface area (Å²) in [5, 5.41) is -0.249. The molecule has 0 aliphatic carbocycles. The van der Waals surface area contributed by atoms with Crippen LogP contribution in [0.2, 0.25) is 0 Å². The van der Waals surface area contributed by atoms with E-state index in [1.165, 1.54) is 27.7 Å². The van der Waals surface area contributed by atoms with Gasteiger partial charge in [-0.1, -0.05) is 6.92 Å². The minimum Gasteiger partial charge on any atom is -0.459 e. The van der Waals surface area contributed by atoms with Crippen molar-refractivity contribution in [3.63, 3.8) is 0 Å². The molecule has 41 heavy (non-hydrogen) atoms. The first-order valence-corrected chi connectivity index (χ1v) is 11.4. The summed E-state index contributed by atoms with van der Waals surface area (Å²) in [6.45, 7) is 5.08. The largest absolute Gasteiger partial charge is 0.459 e. The van der Waals surface area contributed by atoms with Gasteiger partial charge in [0, 0.05) is 4.88 Å². The first-order chi connectivity index (χ1) is 18.0. The van der Waals surface area contributed by atoms with Gasteiger partial charge in [-0.05, 0) is 32.8 Å². The van der Waals surface area contributed by atoms with Crippen molar-refractivity contribution in [3.05, 3.63) is 16.0 Å². The van der Waals surface area contributed by atoms with Crippen LogP contribution in [0.4, 0.5) is 75.2 Å². The summed E-state index contributed by atoms with van der Waals surface area (Å²) in [7, 11) is 0. The molecule has 0 fully saturated rings. The fraction of sp³-hybridized carbons (Fsp3) is 0.700. The van der Waals surface area contributed by atoms with Gasteiger partial charge in [0.05, 0.1) is 11.7 Å². The smallest absolute Gasteiger partial charge is 0.393 e. The van der Waals surface area contributed by atoms with Gasteiger partial charge < -0.3 is 10.1 Å². The molecule has 0 aliphatic heterocycles. The van der Waals surface area contributed by atoms with Crippen molar-refractivity contribution < 1.29 is 84.6 Å². The van der Waals surface area contributed by atoms with Gasteiger partial charge >= 0.3 is 59.8 Å². The zero-order chi connectivity index (χ0) is 32.9. The molecule has 0 unspecified atom stereocenters. The Balaban J connectivity index is 3.66. The van der Waals surface area contributed by atoms with Gasteiger partial charge in [0.1, 0.15) is 5.00 Å². The Morgan fingerprint density at radius 1 is 0.780 bits per heavy atom. The maximum Gasteiger partial charge on any atom is 0.393 e. The number of rotatable bonds is 12. The summed E-state index contributed by atoms with van der Waals surface area (Å²) in [6, 6.07) is 0. The van der Waals surface area contributed by atoms with E-state index in [1.807, 2.05) is 0 Å². The van der Waals surface area contributed by atoms with Crippen molar-refractivity contribution >= 4 is 28.2 Å². The van der Waals surface area contributed by atoms with Gasteiger partial charge in [0.25, 0.3) is 0 Å². The molecule has 1 aromatic heterocycles. The van der Waals surface area contributed by atoms with Crippen molar-refractivity contribution in [3.8, 4) is 0 Å². The van der Waals surface area contributed by atoms with Gasteiger partial charge in [0.15, 0.2) is 0 Å². The van der Waals surface area contributed by atoms with Crippen LogP contribution in [0.1, 0.15) is 41.6 Å². The standard InChI is InChI=1S/C20H17F16NO3S/c1-5-8-7(4)41-10(9(8)11(38)40-6(2)3)37-13(39)15(25,26)17(29,30)19(33,34)20(35,36)18(31,32)16(27,28)14(23,24)12(21)22/h6,12H,5H2,1-4H3,(H,37,39). The third kappa shape index (κ3) is 5.41. The lowest BCUT2D eigenvalue weighted by Crippen LogP contribution is -2.74. The van der Waals surface area contributed by atoms with Crippen LogP contribution in [-0.4, -0.2) is 65.9 Å². The van der Waals surface area contributed by atoms with E-state index in [0.29, 0.717) is 0 Å². The topological polar surface area (TPSA) is 55.4 Å². The Morgan fingerprint density at radius 3 is 1.59 bits per heavy atom. The highest BCUT2D eigenvalue weighted by Gasteiger charge is 2.94. The van der Waals surface area contributed by atoms with Crippen molar-refractivity contribution in [1.29, 1.82) is 0 Å². The summed E-state index contributed by atoms with van der Waals surface area (Å²) in [5.41, 5.74) is -0.849. The summed E-state index contributed by atoms with van der Waals surface area (Å²) < 4.78 is 221. The zero-order valence-corrected chi connectivity index (χ0v) is 21.4. The van der Waals surface area contributed by atoms with Crippen LogP contribution >= 0.6 is 11.3 Å². The van der Waals surface area contributed by atoms with E-state index >= 15 is 0 Å². The minimum absolute atomic E-state index is 0.0206. The highest BCUT2D eigenvalue weighted by atomic mass is 32.1. The number of halogens is 16. The third-order valence-electron chi connectivity index (χ3n) is 5.29. The number of amides is 1. The van der Waals surface area contributed by atoms with Crippen LogP contribution in [0.3, 0.4) is 0 Å². The Labute approximate surface area is 223 Å². The molecule has 238 valence electrons. The van der Waals surface area contributed by atoms with Crippen LogP contribution < -0.4 is 5.32 Å². The molecule has 1 rings (SSSR count). The molecule has 0 radical (unpaired) electrons. The van der Waals surface area contributed by atoms with Crippen molar-refractivity contribution in [2.45, 2.75) is 88.1 Å². The molecule has 1 N–H and O–H groups in total. The highest BCUT2D eigenvalue weighted by Crippen LogP contribution is 2.62. The maximum absolute atomic E-state index is 14.3. The predicted molar refractivity (Wildman–Crippen MR) is 108 cm³/mol. The van der Waals surface area contributed by atoms with E-state index in [-0.39, 0.29) is 28.2 Å². The Morgan fingerprint density at radius 2 is 1.20 bits per heavy atom. The minimum atomic E-state index is -8.63. The van der Waals surface area contributed by atoms with Crippen LogP contribution in [0, 0.1) is 6.92 Å². The van der Waals surface area contributed by atoms with E-state index < -0.39 is 76.4 Å². The van der Waals surface area contributed by atoms with E-state index in [4.69, 9.17) is 4.74 Å². The number of ether oxygens (including phenoxy) is 1. The van der Waals surface area contributed by atoms with Gasteiger partial charge in [-0.2, -0.15) is 61.5 Å². The average molecular weight is 655 g/mol. The maximum atomic E-state index is 14.3. The van der Waals surface area contributed by atoms with Crippen LogP contribution in [0.5, 0.6) is 0 Å². The van der Waals surface area contributed by atoms with Gasteiger partial charge in [-0.25, -0.2) is 13.6 Å². The molecule has 0 aromatic carbocycles. The molecule has 4 nitrogen and oxygen atoms in total. The molecule has 0 saturated heterocycles. The predicted octanol–water partition coefficient (Wildman–Crippen LogP) is 7.83. The Hall–Kier alpha value is -2.48. The monoisotopic (exact) mass is 655 g/mol. The number of aryl methyl sites for hydroxylation is 1. The highest BCUT2D eigenvalue weighted by molar-refractivity contribution is 7.16. The second kappa shape index (κ2) is 11.0. The summed E-state index contributed by atoms with van der Waals surface area (Å²) >= 11 is 0.182. The fourth-order valence-electron chi connectivity index (χ4n) is 3.04. The molecule has 1 aromatic rings. The number of carbonyl (C=O) groups excluding carboxylic acids is 2. The third-order valence-corrected chi connectivity index (χ3v) is 6.35. The van der Waals surface area contributed by atoms with E-state index in [1.54, 1.807) is 0 Å². The number of thiophene rings is 1. The average Bonchev–Trinajstić information content (AvgIpc) is 3.12. The molecule has 0 atom stereocenters. The zero-order valence-electron chi connectivity index (χ0n) is 20.5. The lowest BCUT2D eigenvalue weighted by atomic mass is 9.89. The summed E-state index contributed by atoms with van der Waals surface area (Å²) in [6.07, 6.45) is -7.00. The van der Waals surface area contributed by atoms with E-state index in [9.17, 15) is 79.8 Å². The van der Waals surface area contributed by atoms with Gasteiger partial charge in [-0.3, -0.25) is 4.79 Å². The van der Waals surface area contributed by atoms with Crippen molar-refractivity contribution in [2.75, 3.05) is 5.32 Å². The van der Waals surface area contributed by atoms with Crippen molar-refractivity contribution in [2.24, 2.45) is 0 Å². The molecular formula is C20H17F16NO3S. The first kappa shape index (κ1) is 36.5. The lowest BCUT2D eigenvalue weighted by Gasteiger charge is -2.42.